The van der Waals surface area contributed by atoms with Gasteiger partial charge in [-0.05, 0) is 19.4 Å². The molecule has 1 rings (SSSR count). The van der Waals surface area contributed by atoms with E-state index in [4.69, 9.17) is 0 Å². The minimum Gasteiger partial charge on any atom is -0.295 e. The lowest BCUT2D eigenvalue weighted by Gasteiger charge is -2.37. The Morgan fingerprint density at radius 2 is 1.90 bits per heavy atom. The molecule has 1 fully saturated rings. The number of Topliss-reactive ketones (excluding diaryl/α,β-unsaturated/α-hetero) is 1. The Morgan fingerprint density at radius 1 is 1.40 bits per heavy atom. The first-order valence-corrected chi connectivity index (χ1v) is 3.66. The zero-order chi connectivity index (χ0) is 7.94. The summed E-state index contributed by atoms with van der Waals surface area (Å²) < 4.78 is 0. The summed E-state index contributed by atoms with van der Waals surface area (Å²) in [5.41, 5.74) is 2.39. The van der Waals surface area contributed by atoms with Crippen molar-refractivity contribution in [2.24, 2.45) is 5.41 Å². The van der Waals surface area contributed by atoms with E-state index in [9.17, 15) is 4.79 Å². The summed E-state index contributed by atoms with van der Waals surface area (Å²) in [6.45, 7) is 8.26. The lowest BCUT2D eigenvalue weighted by atomic mass is 9.65. The number of rotatable bonds is 0. The first kappa shape index (κ1) is 7.52. The molecule has 0 heterocycles. The minimum absolute atomic E-state index is 0.163. The van der Waals surface area contributed by atoms with E-state index in [1.165, 1.54) is 5.57 Å². The van der Waals surface area contributed by atoms with Crippen molar-refractivity contribution in [3.05, 3.63) is 11.1 Å². The van der Waals surface area contributed by atoms with Crippen LogP contribution in [-0.4, -0.2) is 5.78 Å². The summed E-state index contributed by atoms with van der Waals surface area (Å²) in [5.74, 6) is 0.338. The van der Waals surface area contributed by atoms with Gasteiger partial charge in [0.1, 0.15) is 0 Å². The molecular formula is C9H14O. The maximum atomic E-state index is 11.0. The summed E-state index contributed by atoms with van der Waals surface area (Å²) in [7, 11) is 0. The van der Waals surface area contributed by atoms with E-state index in [0.717, 1.165) is 12.0 Å². The largest absolute Gasteiger partial charge is 0.295 e. The summed E-state index contributed by atoms with van der Waals surface area (Å²) >= 11 is 0. The molecule has 1 aliphatic rings. The predicted octanol–water partition coefficient (Wildman–Crippen LogP) is 2.32. The topological polar surface area (TPSA) is 17.1 Å². The molecule has 1 saturated carbocycles. The fourth-order valence-corrected chi connectivity index (χ4v) is 1.80. The highest BCUT2D eigenvalue weighted by molar-refractivity contribution is 6.04. The number of allylic oxidation sites excluding steroid dienone is 2. The van der Waals surface area contributed by atoms with Crippen LogP contribution in [0.2, 0.25) is 0 Å². The first-order chi connectivity index (χ1) is 4.45. The summed E-state index contributed by atoms with van der Waals surface area (Å²) in [4.78, 5) is 11.0. The maximum Gasteiger partial charge on any atom is 0.160 e. The van der Waals surface area contributed by atoms with Gasteiger partial charge in [0.2, 0.25) is 0 Å². The number of hydrogen-bond acceptors (Lipinski definition) is 1. The first-order valence-electron chi connectivity index (χ1n) is 3.66. The van der Waals surface area contributed by atoms with Gasteiger partial charge in [-0.25, -0.2) is 0 Å². The SMILES string of the molecule is CC(C)=C1C(=O)CC1(C)C. The Balaban J connectivity index is 2.97. The molecule has 0 aromatic rings. The fraction of sp³-hybridized carbons (Fsp3) is 0.667. The third kappa shape index (κ3) is 0.898. The van der Waals surface area contributed by atoms with Crippen molar-refractivity contribution in [1.82, 2.24) is 0 Å². The highest BCUT2D eigenvalue weighted by Gasteiger charge is 2.41. The molecule has 0 saturated heterocycles. The molecule has 0 aliphatic heterocycles. The molecule has 1 aliphatic carbocycles. The zero-order valence-electron chi connectivity index (χ0n) is 7.12. The van der Waals surface area contributed by atoms with Crippen molar-refractivity contribution in [2.75, 3.05) is 0 Å². The van der Waals surface area contributed by atoms with Crippen LogP contribution in [0.15, 0.2) is 11.1 Å². The van der Waals surface area contributed by atoms with Crippen molar-refractivity contribution >= 4 is 5.78 Å². The van der Waals surface area contributed by atoms with Crippen molar-refractivity contribution in [3.8, 4) is 0 Å². The van der Waals surface area contributed by atoms with E-state index >= 15 is 0 Å². The van der Waals surface area contributed by atoms with Crippen molar-refractivity contribution in [1.29, 1.82) is 0 Å². The highest BCUT2D eigenvalue weighted by Crippen LogP contribution is 2.43. The van der Waals surface area contributed by atoms with Crippen LogP contribution in [-0.2, 0) is 4.79 Å². The standard InChI is InChI=1S/C9H14O/c1-6(2)8-7(10)5-9(8,3)4/h5H2,1-4H3. The fourth-order valence-electron chi connectivity index (χ4n) is 1.80. The average Bonchev–Trinajstić information content (AvgIpc) is 1.58. The Morgan fingerprint density at radius 3 is 2.00 bits per heavy atom. The molecule has 10 heavy (non-hydrogen) atoms. The quantitative estimate of drug-likeness (QED) is 0.469. The molecule has 0 spiro atoms. The second kappa shape index (κ2) is 1.94. The second-order valence-electron chi connectivity index (χ2n) is 3.86. The van der Waals surface area contributed by atoms with Crippen LogP contribution in [0, 0.1) is 5.41 Å². The minimum atomic E-state index is 0.163. The van der Waals surface area contributed by atoms with E-state index < -0.39 is 0 Å². The summed E-state index contributed by atoms with van der Waals surface area (Å²) in [6, 6.07) is 0. The van der Waals surface area contributed by atoms with Gasteiger partial charge in [0.15, 0.2) is 5.78 Å². The smallest absolute Gasteiger partial charge is 0.160 e. The van der Waals surface area contributed by atoms with Crippen molar-refractivity contribution in [3.63, 3.8) is 0 Å². The lowest BCUT2D eigenvalue weighted by molar-refractivity contribution is -0.123. The normalized spacial score (nSPS) is 22.4. The third-order valence-electron chi connectivity index (χ3n) is 2.06. The predicted molar refractivity (Wildman–Crippen MR) is 41.8 cm³/mol. The van der Waals surface area contributed by atoms with Crippen LogP contribution in [0.4, 0.5) is 0 Å². The van der Waals surface area contributed by atoms with E-state index in [0.29, 0.717) is 5.78 Å². The van der Waals surface area contributed by atoms with E-state index in [-0.39, 0.29) is 5.41 Å². The van der Waals surface area contributed by atoms with Crippen molar-refractivity contribution in [2.45, 2.75) is 34.1 Å². The van der Waals surface area contributed by atoms with Crippen LogP contribution in [0.1, 0.15) is 34.1 Å². The monoisotopic (exact) mass is 138 g/mol. The average molecular weight is 138 g/mol. The van der Waals surface area contributed by atoms with Gasteiger partial charge in [0, 0.05) is 11.8 Å². The molecule has 1 heteroatoms. The van der Waals surface area contributed by atoms with Crippen LogP contribution >= 0.6 is 0 Å². The van der Waals surface area contributed by atoms with Crippen LogP contribution in [0.5, 0.6) is 0 Å². The van der Waals surface area contributed by atoms with Crippen LogP contribution in [0.25, 0.3) is 0 Å². The molecule has 0 amide bonds. The Labute approximate surface area is 62.1 Å². The van der Waals surface area contributed by atoms with Gasteiger partial charge in [-0.15, -0.1) is 0 Å². The van der Waals surface area contributed by atoms with E-state index in [1.54, 1.807) is 0 Å². The van der Waals surface area contributed by atoms with Crippen LogP contribution < -0.4 is 0 Å². The van der Waals surface area contributed by atoms with Gasteiger partial charge in [-0.2, -0.15) is 0 Å². The highest BCUT2D eigenvalue weighted by atomic mass is 16.1. The molecule has 0 aromatic carbocycles. The Hall–Kier alpha value is -0.590. The molecule has 56 valence electrons. The maximum absolute atomic E-state index is 11.0. The molecule has 0 unspecified atom stereocenters. The van der Waals surface area contributed by atoms with Crippen molar-refractivity contribution < 1.29 is 4.79 Å². The Kier molecular flexibility index (Phi) is 1.46. The number of carbonyl (C=O) groups is 1. The molecule has 0 atom stereocenters. The van der Waals surface area contributed by atoms with Gasteiger partial charge in [0.05, 0.1) is 0 Å². The number of carbonyl (C=O) groups excluding carboxylic acids is 1. The lowest BCUT2D eigenvalue weighted by Crippen LogP contribution is -2.36. The van der Waals surface area contributed by atoms with Crippen LogP contribution in [0.3, 0.4) is 0 Å². The van der Waals surface area contributed by atoms with Gasteiger partial charge in [-0.1, -0.05) is 19.4 Å². The summed E-state index contributed by atoms with van der Waals surface area (Å²) in [5, 5.41) is 0. The summed E-state index contributed by atoms with van der Waals surface area (Å²) in [6.07, 6.45) is 0.730. The molecule has 0 radical (unpaired) electrons. The third-order valence-corrected chi connectivity index (χ3v) is 2.06. The van der Waals surface area contributed by atoms with E-state index in [2.05, 4.69) is 13.8 Å². The van der Waals surface area contributed by atoms with Gasteiger partial charge in [0.25, 0.3) is 0 Å². The second-order valence-corrected chi connectivity index (χ2v) is 3.86. The zero-order valence-corrected chi connectivity index (χ0v) is 7.12. The molecule has 0 N–H and O–H groups in total. The molecular weight excluding hydrogens is 124 g/mol. The van der Waals surface area contributed by atoms with E-state index in [1.807, 2.05) is 13.8 Å². The number of ketones is 1. The molecule has 1 nitrogen and oxygen atoms in total. The number of hydrogen-bond donors (Lipinski definition) is 0. The van der Waals surface area contributed by atoms with Gasteiger partial charge >= 0.3 is 0 Å². The Bertz CT molecular complexity index is 205. The molecule has 0 aromatic heterocycles. The molecule has 0 bridgehead atoms. The van der Waals surface area contributed by atoms with Gasteiger partial charge in [-0.3, -0.25) is 4.79 Å². The van der Waals surface area contributed by atoms with Gasteiger partial charge < -0.3 is 0 Å².